The van der Waals surface area contributed by atoms with Gasteiger partial charge < -0.3 is 4.74 Å². The number of unbranched alkanes of at least 4 members (excludes halogenated alkanes) is 2. The van der Waals surface area contributed by atoms with Crippen LogP contribution >= 0.6 is 0 Å². The molecule has 62 valence electrons. The van der Waals surface area contributed by atoms with Gasteiger partial charge in [0.15, 0.2) is 0 Å². The molecule has 0 aromatic rings. The normalized spacial score (nSPS) is 13.4. The van der Waals surface area contributed by atoms with Crippen LogP contribution in [0, 0.1) is 0 Å². The smallest absolute Gasteiger partial charge is 0.0462 e. The average Bonchev–Trinajstić information content (AvgIpc) is 1.87. The summed E-state index contributed by atoms with van der Waals surface area (Å²) >= 11 is 0. The molecule has 0 saturated carbocycles. The van der Waals surface area contributed by atoms with E-state index in [2.05, 4.69) is 0 Å². The number of ether oxygens (including phenoxy) is 1. The van der Waals surface area contributed by atoms with Crippen LogP contribution in [0.2, 0.25) is 0 Å². The Morgan fingerprint density at radius 1 is 1.30 bits per heavy atom. The highest BCUT2D eigenvalue weighted by Crippen LogP contribution is 1.95. The highest BCUT2D eigenvalue weighted by molar-refractivity contribution is 7.84. The number of hydrogen-bond acceptors (Lipinski definition) is 2. The molecule has 0 aromatic heterocycles. The van der Waals surface area contributed by atoms with Crippen molar-refractivity contribution in [2.24, 2.45) is 0 Å². The van der Waals surface area contributed by atoms with Gasteiger partial charge in [-0.15, -0.1) is 0 Å². The highest BCUT2D eigenvalue weighted by Gasteiger charge is 1.91. The van der Waals surface area contributed by atoms with E-state index in [0.717, 1.165) is 31.6 Å². The summed E-state index contributed by atoms with van der Waals surface area (Å²) in [6.07, 6.45) is 5.03. The molecule has 0 aliphatic heterocycles. The Morgan fingerprint density at radius 3 is 2.50 bits per heavy atom. The van der Waals surface area contributed by atoms with Gasteiger partial charge in [-0.3, -0.25) is 4.21 Å². The molecule has 0 amide bonds. The van der Waals surface area contributed by atoms with E-state index >= 15 is 0 Å². The number of hydrogen-bond donors (Lipinski definition) is 0. The Hall–Kier alpha value is 0.110. The summed E-state index contributed by atoms with van der Waals surface area (Å²) < 4.78 is 15.4. The lowest BCUT2D eigenvalue weighted by Crippen LogP contribution is -1.95. The molecule has 0 spiro atoms. The Morgan fingerprint density at radius 2 is 2.00 bits per heavy atom. The lowest BCUT2D eigenvalue weighted by atomic mass is 10.3. The van der Waals surface area contributed by atoms with Gasteiger partial charge in [0.25, 0.3) is 0 Å². The van der Waals surface area contributed by atoms with Crippen LogP contribution in [0.1, 0.15) is 19.3 Å². The number of methoxy groups -OCH3 is 1. The molecule has 1 atom stereocenters. The molecule has 0 N–H and O–H groups in total. The first-order valence-electron chi connectivity index (χ1n) is 3.56. The van der Waals surface area contributed by atoms with E-state index in [1.165, 1.54) is 0 Å². The van der Waals surface area contributed by atoms with Crippen molar-refractivity contribution in [3.8, 4) is 0 Å². The molecular formula is C7H16O2S. The zero-order valence-corrected chi connectivity index (χ0v) is 7.58. The van der Waals surface area contributed by atoms with E-state index in [0.29, 0.717) is 0 Å². The van der Waals surface area contributed by atoms with Crippen molar-refractivity contribution >= 4 is 10.8 Å². The summed E-state index contributed by atoms with van der Waals surface area (Å²) in [5, 5.41) is 0. The zero-order chi connectivity index (χ0) is 7.82. The van der Waals surface area contributed by atoms with E-state index < -0.39 is 10.8 Å². The second-order valence-corrected chi connectivity index (χ2v) is 3.89. The van der Waals surface area contributed by atoms with E-state index in [4.69, 9.17) is 4.74 Å². The van der Waals surface area contributed by atoms with Gasteiger partial charge in [0.05, 0.1) is 0 Å². The van der Waals surface area contributed by atoms with Crippen LogP contribution in [-0.2, 0) is 15.5 Å². The molecule has 1 unspecified atom stereocenters. The van der Waals surface area contributed by atoms with Crippen LogP contribution in [0.25, 0.3) is 0 Å². The van der Waals surface area contributed by atoms with E-state index in [1.54, 1.807) is 13.4 Å². The van der Waals surface area contributed by atoms with E-state index in [9.17, 15) is 4.21 Å². The summed E-state index contributed by atoms with van der Waals surface area (Å²) in [6.45, 7) is 0.830. The molecule has 0 aliphatic rings. The molecule has 2 nitrogen and oxygen atoms in total. The summed E-state index contributed by atoms with van der Waals surface area (Å²) in [7, 11) is 1.09. The lowest BCUT2D eigenvalue weighted by Gasteiger charge is -1.97. The summed E-state index contributed by atoms with van der Waals surface area (Å²) in [4.78, 5) is 0. The fraction of sp³-hybridized carbons (Fsp3) is 1.00. The molecule has 0 saturated heterocycles. The molecule has 0 aliphatic carbocycles. The second kappa shape index (κ2) is 7.22. The third-order valence-corrected chi connectivity index (χ3v) is 2.14. The predicted molar refractivity (Wildman–Crippen MR) is 44.7 cm³/mol. The van der Waals surface area contributed by atoms with Crippen molar-refractivity contribution in [2.75, 3.05) is 25.7 Å². The van der Waals surface area contributed by atoms with Gasteiger partial charge in [0.1, 0.15) is 0 Å². The second-order valence-electron chi connectivity index (χ2n) is 2.33. The first-order valence-corrected chi connectivity index (χ1v) is 5.29. The molecular weight excluding hydrogens is 148 g/mol. The van der Waals surface area contributed by atoms with Crippen molar-refractivity contribution in [1.29, 1.82) is 0 Å². The minimum Gasteiger partial charge on any atom is -0.385 e. The van der Waals surface area contributed by atoms with Crippen LogP contribution in [0.5, 0.6) is 0 Å². The summed E-state index contributed by atoms with van der Waals surface area (Å²) in [5.41, 5.74) is 0. The highest BCUT2D eigenvalue weighted by atomic mass is 32.2. The Bertz CT molecular complexity index is 93.6. The van der Waals surface area contributed by atoms with Crippen LogP contribution < -0.4 is 0 Å². The zero-order valence-electron chi connectivity index (χ0n) is 6.76. The van der Waals surface area contributed by atoms with Gasteiger partial charge in [-0.1, -0.05) is 6.42 Å². The van der Waals surface area contributed by atoms with Gasteiger partial charge in [0.2, 0.25) is 0 Å². The van der Waals surface area contributed by atoms with Gasteiger partial charge >= 0.3 is 0 Å². The van der Waals surface area contributed by atoms with Gasteiger partial charge in [-0.05, 0) is 12.8 Å². The van der Waals surface area contributed by atoms with Crippen LogP contribution in [0.3, 0.4) is 0 Å². The Balaban J connectivity index is 2.84. The standard InChI is InChI=1S/C7H16O2S/c1-9-6-4-3-5-7-10(2)8/h3-7H2,1-2H3. The molecule has 0 aromatic carbocycles. The molecule has 10 heavy (non-hydrogen) atoms. The third kappa shape index (κ3) is 8.11. The fourth-order valence-electron chi connectivity index (χ4n) is 0.729. The maximum absolute atomic E-state index is 10.6. The largest absolute Gasteiger partial charge is 0.385 e. The topological polar surface area (TPSA) is 26.3 Å². The van der Waals surface area contributed by atoms with Gasteiger partial charge in [0, 0.05) is 36.5 Å². The molecule has 0 rings (SSSR count). The maximum Gasteiger partial charge on any atom is 0.0462 e. The lowest BCUT2D eigenvalue weighted by molar-refractivity contribution is 0.192. The molecule has 0 radical (unpaired) electrons. The molecule has 0 fully saturated rings. The molecule has 0 bridgehead atoms. The summed E-state index contributed by atoms with van der Waals surface area (Å²) in [5.74, 6) is 0.837. The average molecular weight is 164 g/mol. The third-order valence-electron chi connectivity index (χ3n) is 1.28. The van der Waals surface area contributed by atoms with Gasteiger partial charge in [-0.2, -0.15) is 0 Å². The number of rotatable bonds is 6. The van der Waals surface area contributed by atoms with Crippen molar-refractivity contribution in [3.05, 3.63) is 0 Å². The predicted octanol–water partition coefficient (Wildman–Crippen LogP) is 1.18. The van der Waals surface area contributed by atoms with Crippen LogP contribution in [0.15, 0.2) is 0 Å². The van der Waals surface area contributed by atoms with Crippen LogP contribution in [0.4, 0.5) is 0 Å². The van der Waals surface area contributed by atoms with Crippen molar-refractivity contribution in [3.63, 3.8) is 0 Å². The van der Waals surface area contributed by atoms with Crippen LogP contribution in [-0.4, -0.2) is 29.9 Å². The van der Waals surface area contributed by atoms with E-state index in [-0.39, 0.29) is 0 Å². The minimum atomic E-state index is -0.612. The quantitative estimate of drug-likeness (QED) is 0.551. The first-order chi connectivity index (χ1) is 4.77. The maximum atomic E-state index is 10.6. The van der Waals surface area contributed by atoms with Crippen molar-refractivity contribution in [2.45, 2.75) is 19.3 Å². The SMILES string of the molecule is COCCCCCS(C)=O. The van der Waals surface area contributed by atoms with Gasteiger partial charge in [-0.25, -0.2) is 0 Å². The monoisotopic (exact) mass is 164 g/mol. The first kappa shape index (κ1) is 10.1. The Labute approximate surface area is 65.4 Å². The summed E-state index contributed by atoms with van der Waals surface area (Å²) in [6, 6.07) is 0. The minimum absolute atomic E-state index is 0.612. The molecule has 0 heterocycles. The van der Waals surface area contributed by atoms with E-state index in [1.807, 2.05) is 0 Å². The van der Waals surface area contributed by atoms with Crippen molar-refractivity contribution in [1.82, 2.24) is 0 Å². The fourth-order valence-corrected chi connectivity index (χ4v) is 1.34. The Kier molecular flexibility index (Phi) is 7.30. The van der Waals surface area contributed by atoms with Crippen molar-refractivity contribution < 1.29 is 8.95 Å². The molecule has 3 heteroatoms.